The molecule has 1 rings (SSSR count). The van der Waals surface area contributed by atoms with Crippen LogP contribution in [0.1, 0.15) is 57.8 Å². The van der Waals surface area contributed by atoms with Crippen molar-refractivity contribution in [3.05, 3.63) is 29.6 Å². The van der Waals surface area contributed by atoms with Crippen molar-refractivity contribution in [1.29, 1.82) is 0 Å². The first-order valence-electron chi connectivity index (χ1n) is 7.18. The van der Waals surface area contributed by atoms with Crippen LogP contribution in [0, 0.1) is 18.8 Å². The van der Waals surface area contributed by atoms with E-state index >= 15 is 0 Å². The fraction of sp³-hybridized carbons (Fsp3) is 0.688. The predicted molar refractivity (Wildman–Crippen MR) is 78.6 cm³/mol. The van der Waals surface area contributed by atoms with Crippen molar-refractivity contribution < 1.29 is 0 Å². The average Bonchev–Trinajstić information content (AvgIpc) is 2.27. The Morgan fingerprint density at radius 2 is 1.94 bits per heavy atom. The Labute approximate surface area is 112 Å². The molecule has 2 unspecified atom stereocenters. The van der Waals surface area contributed by atoms with E-state index in [-0.39, 0.29) is 0 Å². The van der Waals surface area contributed by atoms with Crippen LogP contribution in [0.25, 0.3) is 0 Å². The van der Waals surface area contributed by atoms with Crippen LogP contribution < -0.4 is 5.32 Å². The molecule has 0 aromatic carbocycles. The van der Waals surface area contributed by atoms with Gasteiger partial charge in [-0.3, -0.25) is 4.98 Å². The zero-order chi connectivity index (χ0) is 13.5. The Morgan fingerprint density at radius 3 is 2.50 bits per heavy atom. The van der Waals surface area contributed by atoms with Crippen molar-refractivity contribution in [2.45, 2.75) is 53.5 Å². The van der Waals surface area contributed by atoms with E-state index in [4.69, 9.17) is 0 Å². The highest BCUT2D eigenvalue weighted by Crippen LogP contribution is 2.24. The Kier molecular flexibility index (Phi) is 6.34. The molecule has 0 aliphatic carbocycles. The molecule has 1 aromatic rings. The summed E-state index contributed by atoms with van der Waals surface area (Å²) in [5.41, 5.74) is 2.48. The summed E-state index contributed by atoms with van der Waals surface area (Å²) in [6.45, 7) is 12.2. The van der Waals surface area contributed by atoms with Crippen LogP contribution >= 0.6 is 0 Å². The van der Waals surface area contributed by atoms with Gasteiger partial charge in [0.1, 0.15) is 0 Å². The van der Waals surface area contributed by atoms with E-state index in [2.05, 4.69) is 57.1 Å². The van der Waals surface area contributed by atoms with Crippen molar-refractivity contribution in [2.75, 3.05) is 6.54 Å². The summed E-state index contributed by atoms with van der Waals surface area (Å²) in [5, 5.41) is 3.57. The van der Waals surface area contributed by atoms with Gasteiger partial charge in [-0.05, 0) is 55.8 Å². The summed E-state index contributed by atoms with van der Waals surface area (Å²) in [5.74, 6) is 1.50. The molecule has 2 heteroatoms. The molecule has 1 aromatic heterocycles. The summed E-state index contributed by atoms with van der Waals surface area (Å²) in [6, 6.07) is 4.66. The minimum Gasteiger partial charge on any atom is -0.309 e. The molecule has 0 spiro atoms. The topological polar surface area (TPSA) is 24.9 Å². The first-order valence-corrected chi connectivity index (χ1v) is 7.18. The highest BCUT2D eigenvalue weighted by Gasteiger charge is 2.16. The maximum absolute atomic E-state index is 4.53. The summed E-state index contributed by atoms with van der Waals surface area (Å²) >= 11 is 0. The molecular weight excluding hydrogens is 220 g/mol. The number of hydrogen-bond donors (Lipinski definition) is 1. The van der Waals surface area contributed by atoms with Crippen LogP contribution in [0.15, 0.2) is 18.3 Å². The van der Waals surface area contributed by atoms with Crippen molar-refractivity contribution in [3.8, 4) is 0 Å². The Balaban J connectivity index is 2.70. The smallest absolute Gasteiger partial charge is 0.0575 e. The van der Waals surface area contributed by atoms with E-state index in [1.165, 1.54) is 24.1 Å². The first kappa shape index (κ1) is 15.2. The maximum Gasteiger partial charge on any atom is 0.0575 e. The number of nitrogens with one attached hydrogen (secondary N) is 1. The van der Waals surface area contributed by atoms with Gasteiger partial charge >= 0.3 is 0 Å². The van der Waals surface area contributed by atoms with Gasteiger partial charge in [-0.15, -0.1) is 0 Å². The number of aromatic nitrogens is 1. The number of pyridine rings is 1. The zero-order valence-electron chi connectivity index (χ0n) is 12.5. The number of rotatable bonds is 7. The van der Waals surface area contributed by atoms with Crippen LogP contribution in [-0.2, 0) is 0 Å². The van der Waals surface area contributed by atoms with Gasteiger partial charge in [-0.2, -0.15) is 0 Å². The lowest BCUT2D eigenvalue weighted by atomic mass is 9.91. The molecule has 0 radical (unpaired) electrons. The third kappa shape index (κ3) is 5.18. The Bertz CT molecular complexity index is 347. The van der Waals surface area contributed by atoms with Gasteiger partial charge in [0.05, 0.1) is 5.69 Å². The van der Waals surface area contributed by atoms with Gasteiger partial charge in [0, 0.05) is 12.2 Å². The van der Waals surface area contributed by atoms with Crippen molar-refractivity contribution in [3.63, 3.8) is 0 Å². The third-order valence-corrected chi connectivity index (χ3v) is 3.26. The molecule has 0 amide bonds. The fourth-order valence-electron chi connectivity index (χ4n) is 2.61. The number of nitrogens with zero attached hydrogens (tertiary/aromatic N) is 1. The Morgan fingerprint density at radius 1 is 1.22 bits per heavy atom. The van der Waals surface area contributed by atoms with Gasteiger partial charge in [0.15, 0.2) is 0 Å². The molecule has 0 bridgehead atoms. The fourth-order valence-corrected chi connectivity index (χ4v) is 2.61. The minimum atomic E-state index is 0.392. The van der Waals surface area contributed by atoms with Crippen molar-refractivity contribution in [1.82, 2.24) is 10.3 Å². The van der Waals surface area contributed by atoms with Crippen molar-refractivity contribution in [2.24, 2.45) is 11.8 Å². The summed E-state index contributed by atoms with van der Waals surface area (Å²) in [6.07, 6.45) is 4.37. The predicted octanol–water partition coefficient (Wildman–Crippen LogP) is 4.11. The summed E-state index contributed by atoms with van der Waals surface area (Å²) in [7, 11) is 0. The maximum atomic E-state index is 4.53. The molecule has 0 aliphatic heterocycles. The SMILES string of the molecule is CCNC(CC(C)CC(C)C)c1cc(C)ccn1. The lowest BCUT2D eigenvalue weighted by Crippen LogP contribution is -2.24. The van der Waals surface area contributed by atoms with Crippen LogP contribution in [0.3, 0.4) is 0 Å². The summed E-state index contributed by atoms with van der Waals surface area (Å²) in [4.78, 5) is 4.53. The van der Waals surface area contributed by atoms with Crippen LogP contribution in [0.5, 0.6) is 0 Å². The van der Waals surface area contributed by atoms with Crippen LogP contribution in [0.2, 0.25) is 0 Å². The molecule has 102 valence electrons. The monoisotopic (exact) mass is 248 g/mol. The first-order chi connectivity index (χ1) is 8.52. The average molecular weight is 248 g/mol. The Hall–Kier alpha value is -0.890. The van der Waals surface area contributed by atoms with E-state index in [0.717, 1.165) is 18.4 Å². The summed E-state index contributed by atoms with van der Waals surface area (Å²) < 4.78 is 0. The van der Waals surface area contributed by atoms with Crippen molar-refractivity contribution >= 4 is 0 Å². The molecule has 2 atom stereocenters. The number of aryl methyl sites for hydroxylation is 1. The largest absolute Gasteiger partial charge is 0.309 e. The molecular formula is C16H28N2. The van der Waals surface area contributed by atoms with E-state index < -0.39 is 0 Å². The second-order valence-corrected chi connectivity index (χ2v) is 5.84. The van der Waals surface area contributed by atoms with Gasteiger partial charge in [0.2, 0.25) is 0 Å². The van der Waals surface area contributed by atoms with Crippen LogP contribution in [0.4, 0.5) is 0 Å². The standard InChI is InChI=1S/C16H28N2/c1-6-17-15(11-14(5)9-12(2)3)16-10-13(4)7-8-18-16/h7-8,10,12,14-15,17H,6,9,11H2,1-5H3. The zero-order valence-corrected chi connectivity index (χ0v) is 12.5. The quantitative estimate of drug-likeness (QED) is 0.785. The molecule has 0 saturated carbocycles. The third-order valence-electron chi connectivity index (χ3n) is 3.26. The second-order valence-electron chi connectivity index (χ2n) is 5.84. The minimum absolute atomic E-state index is 0.392. The highest BCUT2D eigenvalue weighted by molar-refractivity contribution is 5.17. The normalized spacial score (nSPS) is 14.8. The molecule has 2 nitrogen and oxygen atoms in total. The van der Waals surface area contributed by atoms with Gasteiger partial charge in [0.25, 0.3) is 0 Å². The second kappa shape index (κ2) is 7.52. The molecule has 1 N–H and O–H groups in total. The van der Waals surface area contributed by atoms with Gasteiger partial charge in [-0.1, -0.05) is 27.7 Å². The number of hydrogen-bond acceptors (Lipinski definition) is 2. The highest BCUT2D eigenvalue weighted by atomic mass is 14.9. The molecule has 0 aliphatic rings. The molecule has 0 saturated heterocycles. The molecule has 0 fully saturated rings. The van der Waals surface area contributed by atoms with E-state index in [1.54, 1.807) is 0 Å². The van der Waals surface area contributed by atoms with Gasteiger partial charge in [-0.25, -0.2) is 0 Å². The lowest BCUT2D eigenvalue weighted by Gasteiger charge is -2.22. The van der Waals surface area contributed by atoms with E-state index in [1.807, 2.05) is 6.20 Å². The molecule has 1 heterocycles. The van der Waals surface area contributed by atoms with Gasteiger partial charge < -0.3 is 5.32 Å². The van der Waals surface area contributed by atoms with E-state index in [0.29, 0.717) is 6.04 Å². The van der Waals surface area contributed by atoms with E-state index in [9.17, 15) is 0 Å². The van der Waals surface area contributed by atoms with Crippen LogP contribution in [-0.4, -0.2) is 11.5 Å². The lowest BCUT2D eigenvalue weighted by molar-refractivity contribution is 0.355. The molecule has 18 heavy (non-hydrogen) atoms.